The first-order valence-corrected chi connectivity index (χ1v) is 7.42. The van der Waals surface area contributed by atoms with Crippen molar-refractivity contribution in [2.24, 2.45) is 0 Å². The Kier molecular flexibility index (Phi) is 5.40. The van der Waals surface area contributed by atoms with Gasteiger partial charge in [-0.15, -0.1) is 0 Å². The zero-order valence-electron chi connectivity index (χ0n) is 11.8. The van der Waals surface area contributed by atoms with Gasteiger partial charge < -0.3 is 10.2 Å². The molecule has 1 aromatic rings. The van der Waals surface area contributed by atoms with E-state index in [0.29, 0.717) is 6.54 Å². The molecule has 0 atom stereocenters. The number of amides is 1. The van der Waals surface area contributed by atoms with Crippen LogP contribution >= 0.6 is 0 Å². The minimum atomic E-state index is 0.198. The lowest BCUT2D eigenvalue weighted by Gasteiger charge is -2.29. The van der Waals surface area contributed by atoms with Gasteiger partial charge in [0.15, 0.2) is 0 Å². The normalized spacial score (nSPS) is 14.3. The van der Waals surface area contributed by atoms with Crippen molar-refractivity contribution in [2.45, 2.75) is 39.0 Å². The highest BCUT2D eigenvalue weighted by atomic mass is 16.2. The number of benzene rings is 1. The summed E-state index contributed by atoms with van der Waals surface area (Å²) < 4.78 is 0. The average molecular weight is 260 g/mol. The molecule has 2 rings (SSSR count). The largest absolute Gasteiger partial charge is 0.311 e. The highest BCUT2D eigenvalue weighted by molar-refractivity contribution is 5.95. The highest BCUT2D eigenvalue weighted by Crippen LogP contribution is 2.26. The third kappa shape index (κ3) is 3.80. The predicted molar refractivity (Wildman–Crippen MR) is 79.5 cm³/mol. The molecule has 0 saturated carbocycles. The summed E-state index contributed by atoms with van der Waals surface area (Å²) in [4.78, 5) is 14.2. The highest BCUT2D eigenvalue weighted by Gasteiger charge is 2.21. The van der Waals surface area contributed by atoms with Crippen molar-refractivity contribution in [3.05, 3.63) is 29.8 Å². The molecule has 0 spiro atoms. The number of anilines is 1. The van der Waals surface area contributed by atoms with Crippen LogP contribution < -0.4 is 10.2 Å². The molecule has 3 nitrogen and oxygen atoms in total. The second kappa shape index (κ2) is 7.29. The molecule has 0 fully saturated rings. The quantitative estimate of drug-likeness (QED) is 0.798. The van der Waals surface area contributed by atoms with E-state index < -0.39 is 0 Å². The molecule has 1 aliphatic rings. The number of carbonyl (C=O) groups is 1. The van der Waals surface area contributed by atoms with E-state index in [4.69, 9.17) is 0 Å². The third-order valence-electron chi connectivity index (χ3n) is 3.64. The van der Waals surface area contributed by atoms with Crippen LogP contribution in [0.15, 0.2) is 24.3 Å². The Morgan fingerprint density at radius 2 is 2.16 bits per heavy atom. The van der Waals surface area contributed by atoms with E-state index in [1.807, 2.05) is 11.0 Å². The van der Waals surface area contributed by atoms with E-state index in [-0.39, 0.29) is 5.91 Å². The average Bonchev–Trinajstić information content (AvgIpc) is 2.46. The van der Waals surface area contributed by atoms with Crippen LogP contribution in [0, 0.1) is 0 Å². The third-order valence-corrected chi connectivity index (χ3v) is 3.64. The van der Waals surface area contributed by atoms with Crippen molar-refractivity contribution in [1.29, 1.82) is 0 Å². The van der Waals surface area contributed by atoms with Crippen molar-refractivity contribution < 1.29 is 4.79 Å². The first-order valence-electron chi connectivity index (χ1n) is 7.42. The summed E-state index contributed by atoms with van der Waals surface area (Å²) in [6, 6.07) is 8.25. The maximum absolute atomic E-state index is 12.3. The van der Waals surface area contributed by atoms with Crippen LogP contribution in [0.4, 0.5) is 5.69 Å². The van der Waals surface area contributed by atoms with Crippen LogP contribution in [-0.4, -0.2) is 25.5 Å². The SMILES string of the molecule is CCCCCNCC(=O)N1CCCc2ccccc21. The Morgan fingerprint density at radius 1 is 1.32 bits per heavy atom. The van der Waals surface area contributed by atoms with Crippen molar-refractivity contribution in [2.75, 3.05) is 24.5 Å². The second-order valence-electron chi connectivity index (χ2n) is 5.16. The minimum absolute atomic E-state index is 0.198. The Bertz CT molecular complexity index is 417. The number of hydrogen-bond donors (Lipinski definition) is 1. The number of rotatable bonds is 6. The molecule has 3 heteroatoms. The Morgan fingerprint density at radius 3 is 3.00 bits per heavy atom. The van der Waals surface area contributed by atoms with Gasteiger partial charge in [0.2, 0.25) is 5.91 Å². The predicted octanol–water partition coefficient (Wildman–Crippen LogP) is 2.75. The summed E-state index contributed by atoms with van der Waals surface area (Å²) in [6.07, 6.45) is 5.76. The molecule has 1 aromatic carbocycles. The van der Waals surface area contributed by atoms with Crippen LogP contribution in [-0.2, 0) is 11.2 Å². The fraction of sp³-hybridized carbons (Fsp3) is 0.562. The van der Waals surface area contributed by atoms with Crippen molar-refractivity contribution in [3.63, 3.8) is 0 Å². The molecule has 1 aliphatic heterocycles. The molecule has 0 saturated heterocycles. The molecule has 0 aliphatic carbocycles. The monoisotopic (exact) mass is 260 g/mol. The van der Waals surface area contributed by atoms with Gasteiger partial charge in [0.25, 0.3) is 0 Å². The number of hydrogen-bond acceptors (Lipinski definition) is 2. The molecule has 0 bridgehead atoms. The number of nitrogens with zero attached hydrogens (tertiary/aromatic N) is 1. The molecule has 0 aromatic heterocycles. The Labute approximate surface area is 116 Å². The second-order valence-corrected chi connectivity index (χ2v) is 5.16. The minimum Gasteiger partial charge on any atom is -0.311 e. The smallest absolute Gasteiger partial charge is 0.240 e. The number of para-hydroxylation sites is 1. The van der Waals surface area contributed by atoms with Gasteiger partial charge in [0.1, 0.15) is 0 Å². The number of fused-ring (bicyclic) bond motifs is 1. The summed E-state index contributed by atoms with van der Waals surface area (Å²) in [7, 11) is 0. The summed E-state index contributed by atoms with van der Waals surface area (Å²) in [5, 5.41) is 3.26. The van der Waals surface area contributed by atoms with E-state index >= 15 is 0 Å². The van der Waals surface area contributed by atoms with Crippen LogP contribution in [0.3, 0.4) is 0 Å². The molecule has 0 radical (unpaired) electrons. The van der Waals surface area contributed by atoms with Crippen LogP contribution in [0.2, 0.25) is 0 Å². The fourth-order valence-corrected chi connectivity index (χ4v) is 2.58. The molecule has 104 valence electrons. The first-order chi connectivity index (χ1) is 9.33. The van der Waals surface area contributed by atoms with Gasteiger partial charge >= 0.3 is 0 Å². The molecule has 1 heterocycles. The first kappa shape index (κ1) is 14.1. The van der Waals surface area contributed by atoms with E-state index in [1.54, 1.807) is 0 Å². The van der Waals surface area contributed by atoms with Crippen LogP contribution in [0.1, 0.15) is 38.2 Å². The lowest BCUT2D eigenvalue weighted by Crippen LogP contribution is -2.41. The van der Waals surface area contributed by atoms with Gasteiger partial charge in [-0.05, 0) is 37.4 Å². The maximum Gasteiger partial charge on any atom is 0.240 e. The van der Waals surface area contributed by atoms with E-state index in [2.05, 4.69) is 30.4 Å². The lowest BCUT2D eigenvalue weighted by atomic mass is 10.0. The van der Waals surface area contributed by atoms with Crippen LogP contribution in [0.5, 0.6) is 0 Å². The summed E-state index contributed by atoms with van der Waals surface area (Å²) in [5.74, 6) is 0.198. The Hall–Kier alpha value is -1.35. The van der Waals surface area contributed by atoms with Gasteiger partial charge in [0, 0.05) is 12.2 Å². The van der Waals surface area contributed by atoms with Crippen molar-refractivity contribution in [3.8, 4) is 0 Å². The topological polar surface area (TPSA) is 32.3 Å². The lowest BCUT2D eigenvalue weighted by molar-refractivity contribution is -0.117. The summed E-state index contributed by atoms with van der Waals surface area (Å²) in [5.41, 5.74) is 2.40. The zero-order chi connectivity index (χ0) is 13.5. The molecule has 1 N–H and O–H groups in total. The van der Waals surface area contributed by atoms with Gasteiger partial charge in [-0.1, -0.05) is 38.0 Å². The van der Waals surface area contributed by atoms with Crippen LogP contribution in [0.25, 0.3) is 0 Å². The molecular formula is C16H24N2O. The van der Waals surface area contributed by atoms with Gasteiger partial charge in [-0.2, -0.15) is 0 Å². The standard InChI is InChI=1S/C16H24N2O/c1-2-3-6-11-17-13-16(19)18-12-7-9-14-8-4-5-10-15(14)18/h4-5,8,10,17H,2-3,6-7,9,11-13H2,1H3. The number of aryl methyl sites for hydroxylation is 1. The van der Waals surface area contributed by atoms with Gasteiger partial charge in [0.05, 0.1) is 6.54 Å². The maximum atomic E-state index is 12.3. The van der Waals surface area contributed by atoms with E-state index in [1.165, 1.54) is 18.4 Å². The van der Waals surface area contributed by atoms with Crippen molar-refractivity contribution >= 4 is 11.6 Å². The van der Waals surface area contributed by atoms with Gasteiger partial charge in [-0.25, -0.2) is 0 Å². The van der Waals surface area contributed by atoms with E-state index in [9.17, 15) is 4.79 Å². The molecule has 19 heavy (non-hydrogen) atoms. The summed E-state index contributed by atoms with van der Waals surface area (Å²) >= 11 is 0. The van der Waals surface area contributed by atoms with Gasteiger partial charge in [-0.3, -0.25) is 4.79 Å². The fourth-order valence-electron chi connectivity index (χ4n) is 2.58. The summed E-state index contributed by atoms with van der Waals surface area (Å²) in [6.45, 7) is 4.44. The molecule has 0 unspecified atom stereocenters. The number of carbonyl (C=O) groups excluding carboxylic acids is 1. The van der Waals surface area contributed by atoms with Crippen molar-refractivity contribution in [1.82, 2.24) is 5.32 Å². The molecule has 1 amide bonds. The number of unbranched alkanes of at least 4 members (excludes halogenated alkanes) is 2. The molecular weight excluding hydrogens is 236 g/mol. The number of nitrogens with one attached hydrogen (secondary N) is 1. The zero-order valence-corrected chi connectivity index (χ0v) is 11.8. The van der Waals surface area contributed by atoms with E-state index in [0.717, 1.165) is 38.0 Å². The Balaban J connectivity index is 1.86.